The summed E-state index contributed by atoms with van der Waals surface area (Å²) in [6.45, 7) is 0.974. The fourth-order valence-corrected chi connectivity index (χ4v) is 3.37. The maximum absolute atomic E-state index is 6.18. The van der Waals surface area contributed by atoms with Gasteiger partial charge in [0, 0.05) is 35.4 Å². The Kier molecular flexibility index (Phi) is 4.22. The Morgan fingerprint density at radius 2 is 2.08 bits per heavy atom. The second kappa shape index (κ2) is 6.65. The van der Waals surface area contributed by atoms with Crippen molar-refractivity contribution in [1.82, 2.24) is 14.8 Å². The number of nitrogens with one attached hydrogen (secondary N) is 1. The molecule has 0 radical (unpaired) electrons. The van der Waals surface area contributed by atoms with Gasteiger partial charge in [-0.1, -0.05) is 23.7 Å². The lowest BCUT2D eigenvalue weighted by atomic mass is 10.1. The minimum absolute atomic E-state index is 0.719. The molecule has 0 unspecified atom stereocenters. The van der Waals surface area contributed by atoms with E-state index in [1.807, 2.05) is 47.3 Å². The van der Waals surface area contributed by atoms with E-state index in [2.05, 4.69) is 16.4 Å². The molecule has 3 aromatic rings. The smallest absolute Gasteiger partial charge is 0.133 e. The zero-order valence-corrected chi connectivity index (χ0v) is 14.1. The van der Waals surface area contributed by atoms with Crippen LogP contribution in [-0.2, 0) is 12.8 Å². The largest absolute Gasteiger partial charge is 0.370 e. The van der Waals surface area contributed by atoms with Crippen molar-refractivity contribution in [3.05, 3.63) is 70.6 Å². The molecule has 0 bridgehead atoms. The van der Waals surface area contributed by atoms with Crippen LogP contribution in [0.2, 0.25) is 5.02 Å². The highest BCUT2D eigenvalue weighted by Crippen LogP contribution is 2.29. The van der Waals surface area contributed by atoms with Crippen LogP contribution in [0.5, 0.6) is 0 Å². The Hall–Kier alpha value is -2.33. The van der Waals surface area contributed by atoms with Gasteiger partial charge in [0.05, 0.1) is 11.4 Å². The van der Waals surface area contributed by atoms with E-state index in [-0.39, 0.29) is 0 Å². The molecule has 0 saturated heterocycles. The summed E-state index contributed by atoms with van der Waals surface area (Å²) in [6, 6.07) is 13.8. The molecule has 1 N–H and O–H groups in total. The van der Waals surface area contributed by atoms with E-state index in [1.54, 1.807) is 0 Å². The highest BCUT2D eigenvalue weighted by molar-refractivity contribution is 6.30. The molecule has 5 heteroatoms. The van der Waals surface area contributed by atoms with E-state index in [4.69, 9.17) is 16.7 Å². The summed E-state index contributed by atoms with van der Waals surface area (Å²) in [6.07, 6.45) is 5.98. The number of hydrogen-bond acceptors (Lipinski definition) is 3. The summed E-state index contributed by atoms with van der Waals surface area (Å²) in [5.41, 5.74) is 4.43. The molecule has 0 aliphatic carbocycles. The average molecular weight is 339 g/mol. The third-order valence-corrected chi connectivity index (χ3v) is 4.58. The van der Waals surface area contributed by atoms with Gasteiger partial charge in [-0.2, -0.15) is 5.10 Å². The van der Waals surface area contributed by atoms with Gasteiger partial charge in [0.1, 0.15) is 5.82 Å². The van der Waals surface area contributed by atoms with Crippen LogP contribution in [0.1, 0.15) is 29.8 Å². The number of halogens is 1. The second-order valence-corrected chi connectivity index (χ2v) is 6.48. The van der Waals surface area contributed by atoms with Gasteiger partial charge in [-0.05, 0) is 49.6 Å². The number of rotatable bonds is 3. The van der Waals surface area contributed by atoms with Crippen LogP contribution in [0.4, 0.5) is 5.82 Å². The normalized spacial score (nSPS) is 13.9. The first-order chi connectivity index (χ1) is 11.8. The summed E-state index contributed by atoms with van der Waals surface area (Å²) >= 11 is 6.18. The molecule has 1 aliphatic rings. The average Bonchev–Trinajstić information content (AvgIpc) is 2.78. The highest BCUT2D eigenvalue weighted by atomic mass is 35.5. The van der Waals surface area contributed by atoms with Crippen LogP contribution >= 0.6 is 11.6 Å². The van der Waals surface area contributed by atoms with Crippen molar-refractivity contribution in [2.24, 2.45) is 0 Å². The Balaban J connectivity index is 1.80. The molecule has 4 rings (SSSR count). The first-order valence-corrected chi connectivity index (χ1v) is 8.69. The molecule has 3 heterocycles. The third kappa shape index (κ3) is 3.02. The maximum atomic E-state index is 6.18. The molecular weight excluding hydrogens is 320 g/mol. The summed E-state index contributed by atoms with van der Waals surface area (Å²) in [5, 5.41) is 9.17. The first-order valence-electron chi connectivity index (χ1n) is 8.32. The molecule has 1 aromatic carbocycles. The molecule has 1 aliphatic heterocycles. The summed E-state index contributed by atoms with van der Waals surface area (Å²) < 4.78 is 1.99. The van der Waals surface area contributed by atoms with Gasteiger partial charge in [0.15, 0.2) is 0 Å². The monoisotopic (exact) mass is 338 g/mol. The molecular formula is C19H19ClN4. The predicted molar refractivity (Wildman–Crippen MR) is 97.0 cm³/mol. The lowest BCUT2D eigenvalue weighted by molar-refractivity contribution is 0.766. The van der Waals surface area contributed by atoms with Gasteiger partial charge in [-0.3, -0.25) is 4.98 Å². The molecule has 24 heavy (non-hydrogen) atoms. The summed E-state index contributed by atoms with van der Waals surface area (Å²) in [7, 11) is 0. The minimum Gasteiger partial charge on any atom is -0.370 e. The van der Waals surface area contributed by atoms with Crippen LogP contribution in [0.15, 0.2) is 48.7 Å². The minimum atomic E-state index is 0.719. The molecule has 0 spiro atoms. The van der Waals surface area contributed by atoms with Crippen LogP contribution in [0, 0.1) is 0 Å². The molecule has 0 amide bonds. The lowest BCUT2D eigenvalue weighted by Gasteiger charge is -2.09. The SMILES string of the molecule is Clc1cccc(-n2nc(Cc3ccccn3)c3c2NCCCC3)c1. The van der Waals surface area contributed by atoms with Crippen molar-refractivity contribution >= 4 is 17.4 Å². The number of aromatic nitrogens is 3. The maximum Gasteiger partial charge on any atom is 0.133 e. The molecule has 0 saturated carbocycles. The quantitative estimate of drug-likeness (QED) is 0.776. The van der Waals surface area contributed by atoms with Gasteiger partial charge in [-0.15, -0.1) is 0 Å². The van der Waals surface area contributed by atoms with Gasteiger partial charge >= 0.3 is 0 Å². The fraction of sp³-hybridized carbons (Fsp3) is 0.263. The molecule has 4 nitrogen and oxygen atoms in total. The number of pyridine rings is 1. The van der Waals surface area contributed by atoms with E-state index in [0.29, 0.717) is 0 Å². The van der Waals surface area contributed by atoms with E-state index in [0.717, 1.165) is 47.3 Å². The van der Waals surface area contributed by atoms with E-state index in [9.17, 15) is 0 Å². The molecule has 122 valence electrons. The van der Waals surface area contributed by atoms with Crippen LogP contribution in [0.3, 0.4) is 0 Å². The first kappa shape index (κ1) is 15.2. The number of benzene rings is 1. The van der Waals surface area contributed by atoms with E-state index in [1.165, 1.54) is 18.4 Å². The number of fused-ring (bicyclic) bond motifs is 1. The molecule has 0 fully saturated rings. The van der Waals surface area contributed by atoms with Gasteiger partial charge in [-0.25, -0.2) is 4.68 Å². The van der Waals surface area contributed by atoms with Gasteiger partial charge < -0.3 is 5.32 Å². The standard InChI is InChI=1S/C19H19ClN4/c20-14-6-5-8-16(12-14)24-19-17(9-2-4-11-22-19)18(23-24)13-15-7-1-3-10-21-15/h1,3,5-8,10,12,22H,2,4,9,11,13H2. The van der Waals surface area contributed by atoms with Crippen LogP contribution in [0.25, 0.3) is 5.69 Å². The van der Waals surface area contributed by atoms with Gasteiger partial charge in [0.2, 0.25) is 0 Å². The summed E-state index contributed by atoms with van der Waals surface area (Å²) in [5.74, 6) is 1.10. The number of anilines is 1. The van der Waals surface area contributed by atoms with E-state index >= 15 is 0 Å². The zero-order chi connectivity index (χ0) is 16.4. The molecule has 0 atom stereocenters. The van der Waals surface area contributed by atoms with Crippen molar-refractivity contribution in [2.45, 2.75) is 25.7 Å². The zero-order valence-electron chi connectivity index (χ0n) is 13.4. The van der Waals surface area contributed by atoms with Crippen molar-refractivity contribution in [3.63, 3.8) is 0 Å². The highest BCUT2D eigenvalue weighted by Gasteiger charge is 2.21. The third-order valence-electron chi connectivity index (χ3n) is 4.34. The number of nitrogens with zero attached hydrogens (tertiary/aromatic N) is 3. The Labute approximate surface area is 146 Å². The Morgan fingerprint density at radius 1 is 1.12 bits per heavy atom. The number of hydrogen-bond donors (Lipinski definition) is 1. The van der Waals surface area contributed by atoms with Crippen LogP contribution < -0.4 is 5.32 Å². The second-order valence-electron chi connectivity index (χ2n) is 6.05. The Morgan fingerprint density at radius 3 is 2.92 bits per heavy atom. The van der Waals surface area contributed by atoms with Crippen molar-refractivity contribution in [3.8, 4) is 5.69 Å². The van der Waals surface area contributed by atoms with Crippen LogP contribution in [-0.4, -0.2) is 21.3 Å². The van der Waals surface area contributed by atoms with Crippen molar-refractivity contribution < 1.29 is 0 Å². The lowest BCUT2D eigenvalue weighted by Crippen LogP contribution is -2.07. The molecule has 2 aromatic heterocycles. The Bertz CT molecular complexity index is 842. The predicted octanol–water partition coefficient (Wildman–Crippen LogP) is 4.26. The fourth-order valence-electron chi connectivity index (χ4n) is 3.18. The van der Waals surface area contributed by atoms with E-state index < -0.39 is 0 Å². The van der Waals surface area contributed by atoms with Gasteiger partial charge in [0.25, 0.3) is 0 Å². The topological polar surface area (TPSA) is 42.7 Å². The van der Waals surface area contributed by atoms with Crippen molar-refractivity contribution in [1.29, 1.82) is 0 Å². The van der Waals surface area contributed by atoms with Crippen molar-refractivity contribution in [2.75, 3.05) is 11.9 Å². The summed E-state index contributed by atoms with van der Waals surface area (Å²) in [4.78, 5) is 4.45.